The number of esters is 1. The van der Waals surface area contributed by atoms with Gasteiger partial charge in [0, 0.05) is 37.3 Å². The van der Waals surface area contributed by atoms with E-state index in [9.17, 15) is 35.1 Å². The summed E-state index contributed by atoms with van der Waals surface area (Å²) in [5.41, 5.74) is 0.919. The number of hydrogen-bond donors (Lipinski definition) is 6. The highest BCUT2D eigenvalue weighted by Gasteiger charge is 2.53. The van der Waals surface area contributed by atoms with Gasteiger partial charge in [0.25, 0.3) is 0 Å². The van der Waals surface area contributed by atoms with E-state index in [4.69, 9.17) is 34.2 Å². The summed E-state index contributed by atoms with van der Waals surface area (Å²) in [5, 5.41) is 57.8. The maximum atomic E-state index is 14.1. The van der Waals surface area contributed by atoms with Crippen LogP contribution in [-0.4, -0.2) is 154 Å². The van der Waals surface area contributed by atoms with Gasteiger partial charge < -0.3 is 64.6 Å². The molecule has 0 amide bonds. The summed E-state index contributed by atoms with van der Waals surface area (Å²) in [4.78, 5) is 29.9. The van der Waals surface area contributed by atoms with Crippen LogP contribution < -0.4 is 5.73 Å². The first kappa shape index (κ1) is 45.1. The van der Waals surface area contributed by atoms with Crippen LogP contribution in [0, 0.1) is 23.7 Å². The lowest BCUT2D eigenvalue weighted by atomic mass is 9.74. The molecule has 8 unspecified atom stereocenters. The van der Waals surface area contributed by atoms with Gasteiger partial charge in [-0.2, -0.15) is 0 Å². The maximum Gasteiger partial charge on any atom is 0.311 e. The Kier molecular flexibility index (Phi) is 15.3. The van der Waals surface area contributed by atoms with E-state index in [2.05, 4.69) is 0 Å². The molecule has 52 heavy (non-hydrogen) atoms. The summed E-state index contributed by atoms with van der Waals surface area (Å²) < 4.78 is 37.1. The normalized spacial score (nSPS) is 49.0. The first-order chi connectivity index (χ1) is 23.9. The van der Waals surface area contributed by atoms with Gasteiger partial charge in [-0.05, 0) is 81.4 Å². The molecule has 3 aliphatic heterocycles. The fourth-order valence-corrected chi connectivity index (χ4v) is 8.42. The minimum Gasteiger partial charge on any atom is -0.459 e. The second-order valence-corrected chi connectivity index (χ2v) is 16.6. The highest BCUT2D eigenvalue weighted by molar-refractivity contribution is 5.83. The molecule has 0 bridgehead atoms. The molecular weight excluding hydrogens is 680 g/mol. The highest BCUT2D eigenvalue weighted by Crippen LogP contribution is 2.40. The number of Topliss-reactive ketones (excluding diaryl/α,β-unsaturated/α-hetero) is 1. The van der Waals surface area contributed by atoms with Crippen molar-refractivity contribution in [1.82, 2.24) is 4.90 Å². The van der Waals surface area contributed by atoms with Gasteiger partial charge in [-0.15, -0.1) is 0 Å². The molecule has 3 heterocycles. The van der Waals surface area contributed by atoms with Crippen LogP contribution in [0.1, 0.15) is 88.0 Å². The van der Waals surface area contributed by atoms with Gasteiger partial charge in [-0.1, -0.05) is 20.8 Å². The van der Waals surface area contributed by atoms with Crippen molar-refractivity contribution in [3.05, 3.63) is 0 Å². The van der Waals surface area contributed by atoms with E-state index < -0.39 is 108 Å². The van der Waals surface area contributed by atoms with Crippen molar-refractivity contribution >= 4 is 11.8 Å². The molecule has 0 aliphatic carbocycles. The summed E-state index contributed by atoms with van der Waals surface area (Å²) in [6.07, 6.45) is -10.2. The van der Waals surface area contributed by atoms with Crippen molar-refractivity contribution in [3.8, 4) is 0 Å². The molecule has 18 atom stereocenters. The Morgan fingerprint density at radius 2 is 1.52 bits per heavy atom. The van der Waals surface area contributed by atoms with Gasteiger partial charge in [-0.25, -0.2) is 0 Å². The number of hydrogen-bond acceptors (Lipinski definition) is 15. The van der Waals surface area contributed by atoms with Gasteiger partial charge in [0.2, 0.25) is 0 Å². The minimum atomic E-state index is -2.07. The lowest BCUT2D eigenvalue weighted by molar-refractivity contribution is -0.318. The maximum absolute atomic E-state index is 14.1. The van der Waals surface area contributed by atoms with Gasteiger partial charge >= 0.3 is 5.97 Å². The predicted octanol–water partition coefficient (Wildman–Crippen LogP) is 0.724. The Bertz CT molecular complexity index is 1190. The zero-order valence-electron chi connectivity index (χ0n) is 33.2. The molecular formula is C37H68N2O13. The number of cyclic esters (lactones) is 1. The van der Waals surface area contributed by atoms with E-state index in [0.717, 1.165) is 0 Å². The fraction of sp³-hybridized carbons (Fsp3) is 0.946. The Hall–Kier alpha value is -1.34. The number of carbonyl (C=O) groups is 2. The fourth-order valence-electron chi connectivity index (χ4n) is 8.42. The molecule has 7 N–H and O–H groups in total. The molecule has 0 aromatic rings. The van der Waals surface area contributed by atoms with Crippen molar-refractivity contribution in [1.29, 1.82) is 0 Å². The number of nitrogens with zero attached hydrogens (tertiary/aromatic N) is 1. The minimum absolute atomic E-state index is 0.00481. The Morgan fingerprint density at radius 1 is 0.904 bits per heavy atom. The number of carbonyl (C=O) groups excluding carboxylic acids is 2. The third kappa shape index (κ3) is 9.72. The second kappa shape index (κ2) is 17.6. The molecule has 0 aromatic carbocycles. The lowest BCUT2D eigenvalue weighted by Gasteiger charge is -2.49. The van der Waals surface area contributed by atoms with Crippen LogP contribution in [-0.2, 0) is 38.0 Å². The van der Waals surface area contributed by atoms with E-state index in [1.807, 2.05) is 25.9 Å². The quantitative estimate of drug-likeness (QED) is 0.189. The standard InChI is InChI=1S/C37H68N2O13/c1-18-16-35(7,45)32(52-34-28(41)24(39(10)11)15-19(2)48-34)21(4)29(51-26-17-36(8,47-12)31(43)23(6)49-26)22(5)33(44)50-25(13-14-38)37(9,46)30(42)20(3)27(18)40/h18-26,28-32,34,41-43,45-46H,13-17,38H2,1-12H3/t18-,19?,20+,21+,22-,23?,24?,25-,26?,28?,29+,30-,31?,32-,34?,35-,36?,37-/m1/s1. The average Bonchev–Trinajstić information content (AvgIpc) is 3.06. The summed E-state index contributed by atoms with van der Waals surface area (Å²) >= 11 is 0. The van der Waals surface area contributed by atoms with E-state index in [0.29, 0.717) is 6.42 Å². The van der Waals surface area contributed by atoms with Crippen LogP contribution in [0.2, 0.25) is 0 Å². The molecule has 0 saturated carbocycles. The zero-order chi connectivity index (χ0) is 39.7. The van der Waals surface area contributed by atoms with Gasteiger partial charge in [0.15, 0.2) is 12.6 Å². The predicted molar refractivity (Wildman–Crippen MR) is 190 cm³/mol. The number of nitrogens with two attached hydrogens (primary N) is 1. The van der Waals surface area contributed by atoms with Crippen molar-refractivity contribution in [2.24, 2.45) is 29.4 Å². The Labute approximate surface area is 309 Å². The topological polar surface area (TPSA) is 220 Å². The summed E-state index contributed by atoms with van der Waals surface area (Å²) in [7, 11) is 5.16. The number of ether oxygens (including phenoxy) is 6. The van der Waals surface area contributed by atoms with E-state index >= 15 is 0 Å². The monoisotopic (exact) mass is 748 g/mol. The molecule has 3 aliphatic rings. The van der Waals surface area contributed by atoms with E-state index in [1.54, 1.807) is 34.6 Å². The third-order valence-electron chi connectivity index (χ3n) is 11.9. The molecule has 0 radical (unpaired) electrons. The van der Waals surface area contributed by atoms with Crippen molar-refractivity contribution in [2.75, 3.05) is 27.7 Å². The second-order valence-electron chi connectivity index (χ2n) is 16.6. The SMILES string of the molecule is COC1(C)CC(O[C@H]2[C@H](C)[C@@H](OC3OC(C)CC(N(C)C)C3O)[C@](C)(O)C[C@@H](C)C(=O)[C@H](C)[C@@H](O)[C@](C)(O)[C@@H](CCN)OC(=O)[C@@H]2C)OC(C)C1O. The van der Waals surface area contributed by atoms with Gasteiger partial charge in [0.1, 0.15) is 29.7 Å². The number of aliphatic hydroxyl groups is 5. The number of rotatable bonds is 8. The van der Waals surface area contributed by atoms with Crippen LogP contribution >= 0.6 is 0 Å². The van der Waals surface area contributed by atoms with Crippen molar-refractivity contribution < 1.29 is 63.5 Å². The highest BCUT2D eigenvalue weighted by atomic mass is 16.7. The number of likely N-dealkylation sites (N-methyl/N-ethyl adjacent to an activating group) is 1. The molecule has 3 saturated heterocycles. The largest absolute Gasteiger partial charge is 0.459 e. The van der Waals surface area contributed by atoms with Crippen LogP contribution in [0.15, 0.2) is 0 Å². The van der Waals surface area contributed by atoms with Gasteiger partial charge in [0.05, 0.1) is 47.6 Å². The average molecular weight is 749 g/mol. The molecule has 3 fully saturated rings. The number of ketones is 1. The van der Waals surface area contributed by atoms with E-state index in [1.165, 1.54) is 27.9 Å². The van der Waals surface area contributed by atoms with Crippen molar-refractivity contribution in [3.63, 3.8) is 0 Å². The number of methoxy groups -OCH3 is 1. The smallest absolute Gasteiger partial charge is 0.311 e. The third-order valence-corrected chi connectivity index (χ3v) is 11.9. The van der Waals surface area contributed by atoms with Crippen LogP contribution in [0.5, 0.6) is 0 Å². The lowest BCUT2D eigenvalue weighted by Crippen LogP contribution is -2.61. The molecule has 15 nitrogen and oxygen atoms in total. The molecule has 15 heteroatoms. The molecule has 3 rings (SSSR count). The van der Waals surface area contributed by atoms with Crippen molar-refractivity contribution in [2.45, 2.75) is 172 Å². The summed E-state index contributed by atoms with van der Waals surface area (Å²) in [6.45, 7) is 14.5. The Balaban J connectivity index is 2.20. The first-order valence-electron chi connectivity index (χ1n) is 18.7. The molecule has 0 spiro atoms. The zero-order valence-corrected chi connectivity index (χ0v) is 33.2. The number of aliphatic hydroxyl groups excluding tert-OH is 3. The Morgan fingerprint density at radius 3 is 2.08 bits per heavy atom. The van der Waals surface area contributed by atoms with Gasteiger partial charge in [-0.3, -0.25) is 9.59 Å². The summed E-state index contributed by atoms with van der Waals surface area (Å²) in [6, 6.07) is -0.334. The first-order valence-corrected chi connectivity index (χ1v) is 18.7. The van der Waals surface area contributed by atoms with Crippen LogP contribution in [0.25, 0.3) is 0 Å². The molecule has 0 aromatic heterocycles. The molecule has 304 valence electrons. The van der Waals surface area contributed by atoms with Crippen LogP contribution in [0.3, 0.4) is 0 Å². The van der Waals surface area contributed by atoms with E-state index in [-0.39, 0.29) is 38.0 Å². The summed E-state index contributed by atoms with van der Waals surface area (Å²) in [5.74, 6) is -5.18. The van der Waals surface area contributed by atoms with Crippen LogP contribution in [0.4, 0.5) is 0 Å².